The van der Waals surface area contributed by atoms with Crippen LogP contribution >= 0.6 is 11.8 Å². The van der Waals surface area contributed by atoms with Gasteiger partial charge < -0.3 is 10.1 Å². The van der Waals surface area contributed by atoms with Gasteiger partial charge in [0.1, 0.15) is 0 Å². The predicted octanol–water partition coefficient (Wildman–Crippen LogP) is 3.73. The van der Waals surface area contributed by atoms with Crippen molar-refractivity contribution in [3.8, 4) is 17.1 Å². The van der Waals surface area contributed by atoms with Crippen molar-refractivity contribution in [2.45, 2.75) is 43.3 Å². The molecule has 1 heterocycles. The van der Waals surface area contributed by atoms with Crippen molar-refractivity contribution in [1.29, 1.82) is 0 Å². The summed E-state index contributed by atoms with van der Waals surface area (Å²) in [7, 11) is 0. The van der Waals surface area contributed by atoms with Crippen molar-refractivity contribution in [2.24, 2.45) is 0 Å². The molecule has 1 aromatic heterocycles. The highest BCUT2D eigenvalue weighted by Crippen LogP contribution is 2.27. The molecule has 10 heteroatoms. The molecule has 35 heavy (non-hydrogen) atoms. The highest BCUT2D eigenvalue weighted by Gasteiger charge is 2.19. The fourth-order valence-corrected chi connectivity index (χ4v) is 4.64. The normalized spacial score (nSPS) is 13.7. The van der Waals surface area contributed by atoms with Crippen molar-refractivity contribution in [3.05, 3.63) is 60.7 Å². The lowest BCUT2D eigenvalue weighted by Gasteiger charge is -2.22. The number of carbonyl (C=O) groups excluding carboxylic acids is 3. The fourth-order valence-electron chi connectivity index (χ4n) is 3.89. The van der Waals surface area contributed by atoms with Crippen LogP contribution in [0.4, 0.5) is 4.79 Å². The number of imide groups is 1. The molecule has 0 unspecified atom stereocenters. The average Bonchev–Trinajstić information content (AvgIpc) is 3.32. The summed E-state index contributed by atoms with van der Waals surface area (Å²) in [5.41, 5.74) is 1.75. The maximum atomic E-state index is 12.3. The lowest BCUT2D eigenvalue weighted by atomic mass is 9.96. The van der Waals surface area contributed by atoms with E-state index in [2.05, 4.69) is 20.8 Å². The van der Waals surface area contributed by atoms with Gasteiger partial charge in [0, 0.05) is 17.3 Å². The molecule has 0 spiro atoms. The number of hydrogen-bond donors (Lipinski definition) is 2. The molecule has 1 fully saturated rings. The number of nitrogens with zero attached hydrogens (tertiary/aromatic N) is 3. The summed E-state index contributed by atoms with van der Waals surface area (Å²) in [5.74, 6) is -0.686. The van der Waals surface area contributed by atoms with Gasteiger partial charge in [-0.05, 0) is 25.0 Å². The number of rotatable bonds is 8. The van der Waals surface area contributed by atoms with E-state index in [4.69, 9.17) is 4.74 Å². The van der Waals surface area contributed by atoms with Crippen LogP contribution in [0, 0.1) is 0 Å². The van der Waals surface area contributed by atoms with E-state index >= 15 is 0 Å². The Balaban J connectivity index is 1.31. The number of para-hydroxylation sites is 1. The Morgan fingerprint density at radius 1 is 0.943 bits per heavy atom. The van der Waals surface area contributed by atoms with Crippen LogP contribution in [0.2, 0.25) is 0 Å². The Hall–Kier alpha value is -3.66. The second-order valence-electron chi connectivity index (χ2n) is 8.15. The van der Waals surface area contributed by atoms with Gasteiger partial charge in [0.05, 0.1) is 5.75 Å². The Morgan fingerprint density at radius 3 is 2.34 bits per heavy atom. The molecule has 3 amide bonds. The molecule has 0 saturated heterocycles. The SMILES string of the molecule is O=C(COC(=O)CSc1nnc(-c2ccccc2)n1-c1ccccc1)NC(=O)NC1CCCCC1. The van der Waals surface area contributed by atoms with Crippen molar-refractivity contribution in [1.82, 2.24) is 25.4 Å². The zero-order valence-corrected chi connectivity index (χ0v) is 20.0. The first-order chi connectivity index (χ1) is 17.1. The molecule has 0 bridgehead atoms. The summed E-state index contributed by atoms with van der Waals surface area (Å²) >= 11 is 1.16. The Bertz CT molecular complexity index is 1150. The minimum Gasteiger partial charge on any atom is -0.455 e. The Labute approximate surface area is 207 Å². The first-order valence-electron chi connectivity index (χ1n) is 11.5. The molecule has 3 aromatic rings. The molecule has 2 N–H and O–H groups in total. The van der Waals surface area contributed by atoms with Gasteiger partial charge in [-0.25, -0.2) is 4.79 Å². The van der Waals surface area contributed by atoms with Crippen molar-refractivity contribution in [2.75, 3.05) is 12.4 Å². The maximum Gasteiger partial charge on any atom is 0.321 e. The molecule has 1 aliphatic carbocycles. The van der Waals surface area contributed by atoms with E-state index in [1.165, 1.54) is 6.42 Å². The van der Waals surface area contributed by atoms with Gasteiger partial charge in [-0.15, -0.1) is 10.2 Å². The number of urea groups is 1. The number of amides is 3. The minimum absolute atomic E-state index is 0.0681. The van der Waals surface area contributed by atoms with Crippen LogP contribution in [-0.4, -0.2) is 51.1 Å². The monoisotopic (exact) mass is 493 g/mol. The maximum absolute atomic E-state index is 12.3. The third-order valence-corrected chi connectivity index (χ3v) is 6.46. The van der Waals surface area contributed by atoms with Crippen LogP contribution in [0.1, 0.15) is 32.1 Å². The van der Waals surface area contributed by atoms with Crippen LogP contribution in [-0.2, 0) is 14.3 Å². The molecule has 0 aliphatic heterocycles. The lowest BCUT2D eigenvalue weighted by molar-refractivity contribution is -0.145. The first kappa shape index (κ1) is 24.5. The van der Waals surface area contributed by atoms with E-state index in [0.29, 0.717) is 11.0 Å². The summed E-state index contributed by atoms with van der Waals surface area (Å²) in [6.45, 7) is -0.530. The zero-order chi connectivity index (χ0) is 24.5. The summed E-state index contributed by atoms with van der Waals surface area (Å²) in [5, 5.41) is 14.1. The van der Waals surface area contributed by atoms with Crippen LogP contribution in [0.5, 0.6) is 0 Å². The summed E-state index contributed by atoms with van der Waals surface area (Å²) in [6, 6.07) is 18.8. The van der Waals surface area contributed by atoms with Crippen molar-refractivity contribution < 1.29 is 19.1 Å². The molecule has 1 aliphatic rings. The van der Waals surface area contributed by atoms with Gasteiger partial charge >= 0.3 is 12.0 Å². The second-order valence-corrected chi connectivity index (χ2v) is 9.09. The van der Waals surface area contributed by atoms with Gasteiger partial charge in [0.25, 0.3) is 5.91 Å². The Morgan fingerprint density at radius 2 is 1.63 bits per heavy atom. The molecule has 0 radical (unpaired) electrons. The number of aromatic nitrogens is 3. The van der Waals surface area contributed by atoms with Gasteiger partial charge in [0.15, 0.2) is 17.6 Å². The van der Waals surface area contributed by atoms with Crippen molar-refractivity contribution >= 4 is 29.7 Å². The molecular formula is C25H27N5O4S. The number of esters is 1. The number of hydrogen-bond acceptors (Lipinski definition) is 7. The number of carbonyl (C=O) groups is 3. The Kier molecular flexibility index (Phi) is 8.50. The molecule has 1 saturated carbocycles. The standard InChI is InChI=1S/C25H27N5O4S/c31-21(27-24(33)26-19-12-6-2-7-13-19)16-34-22(32)17-35-25-29-28-23(18-10-4-1-5-11-18)30(25)20-14-8-3-9-15-20/h1,3-5,8-11,14-15,19H,2,6-7,12-13,16-17H2,(H2,26,27,31,33). The number of ether oxygens (including phenoxy) is 1. The molecule has 9 nitrogen and oxygen atoms in total. The van der Waals surface area contributed by atoms with Crippen LogP contribution < -0.4 is 10.6 Å². The van der Waals surface area contributed by atoms with E-state index in [9.17, 15) is 14.4 Å². The predicted molar refractivity (Wildman–Crippen MR) is 132 cm³/mol. The highest BCUT2D eigenvalue weighted by molar-refractivity contribution is 7.99. The minimum atomic E-state index is -0.671. The third-order valence-electron chi connectivity index (χ3n) is 5.56. The molecule has 182 valence electrons. The molecular weight excluding hydrogens is 466 g/mol. The average molecular weight is 494 g/mol. The number of nitrogens with one attached hydrogen (secondary N) is 2. The van der Waals surface area contributed by atoms with Crippen LogP contribution in [0.15, 0.2) is 65.8 Å². The van der Waals surface area contributed by atoms with Gasteiger partial charge in [0.2, 0.25) is 0 Å². The molecule has 0 atom stereocenters. The number of benzene rings is 2. The summed E-state index contributed by atoms with van der Waals surface area (Å²) in [6.07, 6.45) is 5.13. The summed E-state index contributed by atoms with van der Waals surface area (Å²) < 4.78 is 6.91. The van der Waals surface area contributed by atoms with E-state index in [1.54, 1.807) is 0 Å². The fraction of sp³-hybridized carbons (Fsp3) is 0.320. The summed E-state index contributed by atoms with van der Waals surface area (Å²) in [4.78, 5) is 36.2. The third kappa shape index (κ3) is 6.92. The van der Waals surface area contributed by atoms with Gasteiger partial charge in [-0.1, -0.05) is 79.6 Å². The van der Waals surface area contributed by atoms with Crippen molar-refractivity contribution in [3.63, 3.8) is 0 Å². The zero-order valence-electron chi connectivity index (χ0n) is 19.2. The van der Waals surface area contributed by atoms with E-state index in [1.807, 2.05) is 65.2 Å². The van der Waals surface area contributed by atoms with Crippen LogP contribution in [0.25, 0.3) is 17.1 Å². The first-order valence-corrected chi connectivity index (χ1v) is 12.5. The van der Waals surface area contributed by atoms with E-state index in [0.717, 1.165) is 48.7 Å². The van der Waals surface area contributed by atoms with Crippen LogP contribution in [0.3, 0.4) is 0 Å². The number of thioether (sulfide) groups is 1. The van der Waals surface area contributed by atoms with Gasteiger partial charge in [-0.3, -0.25) is 19.5 Å². The molecule has 4 rings (SSSR count). The van der Waals surface area contributed by atoms with Gasteiger partial charge in [-0.2, -0.15) is 0 Å². The topological polar surface area (TPSA) is 115 Å². The smallest absolute Gasteiger partial charge is 0.321 e. The van der Waals surface area contributed by atoms with E-state index < -0.39 is 24.5 Å². The lowest BCUT2D eigenvalue weighted by Crippen LogP contribution is -2.46. The van der Waals surface area contributed by atoms with E-state index in [-0.39, 0.29) is 11.8 Å². The largest absolute Gasteiger partial charge is 0.455 e. The highest BCUT2D eigenvalue weighted by atomic mass is 32.2. The molecule has 2 aromatic carbocycles. The quantitative estimate of drug-likeness (QED) is 0.363. The second kappa shape index (κ2) is 12.2.